The van der Waals surface area contributed by atoms with Gasteiger partial charge in [-0.2, -0.15) is 0 Å². The molecule has 1 aromatic rings. The van der Waals surface area contributed by atoms with Crippen LogP contribution in [0.3, 0.4) is 0 Å². The number of hydrogen-bond acceptors (Lipinski definition) is 3. The zero-order valence-corrected chi connectivity index (χ0v) is 11.2. The van der Waals surface area contributed by atoms with Crippen LogP contribution in [0.5, 0.6) is 0 Å². The summed E-state index contributed by atoms with van der Waals surface area (Å²) >= 11 is 0. The molecular weight excluding hydrogens is 231 g/mol. The fourth-order valence-electron chi connectivity index (χ4n) is 2.59. The van der Waals surface area contributed by atoms with E-state index in [4.69, 9.17) is 10.5 Å². The molecule has 3 nitrogen and oxygen atoms in total. The second-order valence-corrected chi connectivity index (χ2v) is 5.13. The molecule has 1 aromatic carbocycles. The van der Waals surface area contributed by atoms with Crippen molar-refractivity contribution in [3.8, 4) is 0 Å². The van der Waals surface area contributed by atoms with E-state index in [1.54, 1.807) is 6.07 Å². The second-order valence-electron chi connectivity index (χ2n) is 5.13. The number of hydrogen-bond donors (Lipinski definition) is 1. The Morgan fingerprint density at radius 1 is 1.33 bits per heavy atom. The Hall–Kier alpha value is -1.13. The molecule has 3 atom stereocenters. The highest BCUT2D eigenvalue weighted by Gasteiger charge is 2.26. The lowest BCUT2D eigenvalue weighted by Crippen LogP contribution is -2.46. The van der Waals surface area contributed by atoms with E-state index in [0.717, 1.165) is 5.56 Å². The largest absolute Gasteiger partial charge is 0.372 e. The summed E-state index contributed by atoms with van der Waals surface area (Å²) in [5.41, 5.74) is 7.43. The number of halogens is 1. The summed E-state index contributed by atoms with van der Waals surface area (Å²) in [7, 11) is 0. The third-order valence-corrected chi connectivity index (χ3v) is 3.24. The van der Waals surface area contributed by atoms with Crippen molar-refractivity contribution in [2.24, 2.45) is 5.73 Å². The van der Waals surface area contributed by atoms with Gasteiger partial charge < -0.3 is 15.4 Å². The Labute approximate surface area is 108 Å². The molecule has 0 unspecified atom stereocenters. The standard InChI is InChI=1S/C14H21FN2O/c1-9-7-17(8-10(2)18-9)14-12(11(3)16)5-4-6-13(14)15/h4-6,9-11H,7-8,16H2,1-3H3/t9-,10+,11-/m0/s1. The van der Waals surface area contributed by atoms with Crippen molar-refractivity contribution in [1.29, 1.82) is 0 Å². The van der Waals surface area contributed by atoms with E-state index in [9.17, 15) is 4.39 Å². The SMILES string of the molecule is C[C@@H]1CN(c2c(F)cccc2[C@H](C)N)C[C@H](C)O1. The van der Waals surface area contributed by atoms with Crippen LogP contribution < -0.4 is 10.6 Å². The van der Waals surface area contributed by atoms with Gasteiger partial charge in [0.25, 0.3) is 0 Å². The van der Waals surface area contributed by atoms with Crippen LogP contribution in [0.4, 0.5) is 10.1 Å². The van der Waals surface area contributed by atoms with Gasteiger partial charge in [-0.15, -0.1) is 0 Å². The molecule has 4 heteroatoms. The summed E-state index contributed by atoms with van der Waals surface area (Å²) in [4.78, 5) is 2.05. The molecule has 2 rings (SSSR count). The van der Waals surface area contributed by atoms with E-state index in [1.807, 2.05) is 31.7 Å². The van der Waals surface area contributed by atoms with Crippen molar-refractivity contribution >= 4 is 5.69 Å². The Morgan fingerprint density at radius 2 is 1.94 bits per heavy atom. The molecule has 0 aromatic heterocycles. The molecule has 1 aliphatic heterocycles. The minimum absolute atomic E-state index is 0.106. The van der Waals surface area contributed by atoms with E-state index in [0.29, 0.717) is 18.8 Å². The number of rotatable bonds is 2. The van der Waals surface area contributed by atoms with Gasteiger partial charge in [-0.05, 0) is 32.4 Å². The summed E-state index contributed by atoms with van der Waals surface area (Å²) in [6.45, 7) is 7.30. The maximum Gasteiger partial charge on any atom is 0.146 e. The molecule has 1 saturated heterocycles. The van der Waals surface area contributed by atoms with Crippen molar-refractivity contribution in [3.63, 3.8) is 0 Å². The smallest absolute Gasteiger partial charge is 0.146 e. The average molecular weight is 252 g/mol. The van der Waals surface area contributed by atoms with Crippen LogP contribution in [0, 0.1) is 5.82 Å². The van der Waals surface area contributed by atoms with Gasteiger partial charge in [0.2, 0.25) is 0 Å². The number of morpholine rings is 1. The highest BCUT2D eigenvalue weighted by Crippen LogP contribution is 2.30. The van der Waals surface area contributed by atoms with Crippen molar-refractivity contribution in [3.05, 3.63) is 29.6 Å². The zero-order valence-electron chi connectivity index (χ0n) is 11.2. The molecule has 1 heterocycles. The highest BCUT2D eigenvalue weighted by atomic mass is 19.1. The Bertz CT molecular complexity index is 412. The van der Waals surface area contributed by atoms with Crippen molar-refractivity contribution in [1.82, 2.24) is 0 Å². The van der Waals surface area contributed by atoms with Crippen LogP contribution in [0.1, 0.15) is 32.4 Å². The number of nitrogens with two attached hydrogens (primary N) is 1. The topological polar surface area (TPSA) is 38.5 Å². The van der Waals surface area contributed by atoms with E-state index in [1.165, 1.54) is 6.07 Å². The Morgan fingerprint density at radius 3 is 2.50 bits per heavy atom. The number of ether oxygens (including phenoxy) is 1. The van der Waals surface area contributed by atoms with E-state index in [-0.39, 0.29) is 24.1 Å². The normalized spacial score (nSPS) is 26.2. The van der Waals surface area contributed by atoms with Crippen molar-refractivity contribution in [2.75, 3.05) is 18.0 Å². The van der Waals surface area contributed by atoms with Crippen LogP contribution in [0.25, 0.3) is 0 Å². The molecule has 18 heavy (non-hydrogen) atoms. The molecule has 2 N–H and O–H groups in total. The number of nitrogens with zero attached hydrogens (tertiary/aromatic N) is 1. The Balaban J connectivity index is 2.37. The number of anilines is 1. The zero-order chi connectivity index (χ0) is 13.3. The van der Waals surface area contributed by atoms with Gasteiger partial charge in [0.05, 0.1) is 17.9 Å². The summed E-state index contributed by atoms with van der Waals surface area (Å²) in [6.07, 6.45) is 0.212. The second kappa shape index (κ2) is 5.24. The van der Waals surface area contributed by atoms with Crippen LogP contribution in [-0.2, 0) is 4.74 Å². The molecule has 0 spiro atoms. The first-order valence-electron chi connectivity index (χ1n) is 6.43. The first-order valence-corrected chi connectivity index (χ1v) is 6.43. The number of benzene rings is 1. The van der Waals surface area contributed by atoms with E-state index >= 15 is 0 Å². The lowest BCUT2D eigenvalue weighted by molar-refractivity contribution is -0.00545. The lowest BCUT2D eigenvalue weighted by Gasteiger charge is -2.38. The van der Waals surface area contributed by atoms with Gasteiger partial charge in [0.1, 0.15) is 5.82 Å². The van der Waals surface area contributed by atoms with Gasteiger partial charge in [-0.3, -0.25) is 0 Å². The lowest BCUT2D eigenvalue weighted by atomic mass is 10.0. The van der Waals surface area contributed by atoms with E-state index in [2.05, 4.69) is 0 Å². The fraction of sp³-hybridized carbons (Fsp3) is 0.571. The first-order chi connectivity index (χ1) is 8.49. The van der Waals surface area contributed by atoms with Gasteiger partial charge >= 0.3 is 0 Å². The van der Waals surface area contributed by atoms with Gasteiger partial charge in [-0.25, -0.2) is 4.39 Å². The van der Waals surface area contributed by atoms with Crippen LogP contribution in [0.2, 0.25) is 0 Å². The summed E-state index contributed by atoms with van der Waals surface area (Å²) in [5.74, 6) is -0.203. The highest BCUT2D eigenvalue weighted by molar-refractivity contribution is 5.56. The molecule has 0 amide bonds. The maximum absolute atomic E-state index is 14.1. The van der Waals surface area contributed by atoms with Gasteiger partial charge in [0, 0.05) is 19.1 Å². The average Bonchev–Trinajstić information content (AvgIpc) is 2.26. The first kappa shape index (κ1) is 13.3. The molecule has 0 saturated carbocycles. The maximum atomic E-state index is 14.1. The quantitative estimate of drug-likeness (QED) is 0.878. The summed E-state index contributed by atoms with van der Waals surface area (Å²) < 4.78 is 19.8. The predicted molar refractivity (Wildman–Crippen MR) is 71.2 cm³/mol. The Kier molecular flexibility index (Phi) is 3.88. The van der Waals surface area contributed by atoms with Gasteiger partial charge in [0.15, 0.2) is 0 Å². The van der Waals surface area contributed by atoms with Crippen LogP contribution >= 0.6 is 0 Å². The third kappa shape index (κ3) is 2.65. The summed E-state index contributed by atoms with van der Waals surface area (Å²) in [5, 5.41) is 0. The predicted octanol–water partition coefficient (Wildman–Crippen LogP) is 2.46. The molecule has 0 bridgehead atoms. The molecule has 1 fully saturated rings. The van der Waals surface area contributed by atoms with Crippen LogP contribution in [-0.4, -0.2) is 25.3 Å². The van der Waals surface area contributed by atoms with E-state index < -0.39 is 0 Å². The fourth-order valence-corrected chi connectivity index (χ4v) is 2.59. The molecule has 1 aliphatic rings. The van der Waals surface area contributed by atoms with Crippen molar-refractivity contribution in [2.45, 2.75) is 39.0 Å². The van der Waals surface area contributed by atoms with Crippen LogP contribution in [0.15, 0.2) is 18.2 Å². The van der Waals surface area contributed by atoms with Gasteiger partial charge in [-0.1, -0.05) is 12.1 Å². The molecule has 100 valence electrons. The molecular formula is C14H21FN2O. The molecule has 0 radical (unpaired) electrons. The minimum Gasteiger partial charge on any atom is -0.372 e. The van der Waals surface area contributed by atoms with Crippen molar-refractivity contribution < 1.29 is 9.13 Å². The minimum atomic E-state index is -0.203. The summed E-state index contributed by atoms with van der Waals surface area (Å²) in [6, 6.07) is 4.93. The monoisotopic (exact) mass is 252 g/mol. The number of para-hydroxylation sites is 1. The molecule has 0 aliphatic carbocycles. The third-order valence-electron chi connectivity index (χ3n) is 3.24.